The van der Waals surface area contributed by atoms with Gasteiger partial charge in [0.25, 0.3) is 0 Å². The summed E-state index contributed by atoms with van der Waals surface area (Å²) >= 11 is 0. The molecule has 0 aliphatic heterocycles. The highest BCUT2D eigenvalue weighted by Crippen LogP contribution is 2.40. The Labute approximate surface area is 181 Å². The van der Waals surface area contributed by atoms with Crippen LogP contribution in [0.25, 0.3) is 6.08 Å². The molecule has 0 atom stereocenters. The third-order valence-corrected chi connectivity index (χ3v) is 6.20. The number of carbonyl (C=O) groups is 1. The number of carboxylic acid groups (broad SMARTS) is 1. The predicted molar refractivity (Wildman–Crippen MR) is 125 cm³/mol. The summed E-state index contributed by atoms with van der Waals surface area (Å²) in [7, 11) is 0. The second-order valence-corrected chi connectivity index (χ2v) is 8.88. The lowest BCUT2D eigenvalue weighted by Gasteiger charge is -2.34. The zero-order valence-electron chi connectivity index (χ0n) is 19.2. The zero-order chi connectivity index (χ0) is 22.5. The molecule has 0 saturated heterocycles. The molecular weight excluding hydrogens is 372 g/mol. The van der Waals surface area contributed by atoms with E-state index in [1.165, 1.54) is 16.7 Å². The minimum atomic E-state index is -0.832. The molecular formula is C27H36O3. The van der Waals surface area contributed by atoms with Crippen LogP contribution < -0.4 is 0 Å². The van der Waals surface area contributed by atoms with Crippen molar-refractivity contribution in [3.63, 3.8) is 0 Å². The van der Waals surface area contributed by atoms with E-state index in [9.17, 15) is 9.90 Å². The normalized spacial score (nSPS) is 12.5. The van der Waals surface area contributed by atoms with Crippen molar-refractivity contribution in [3.05, 3.63) is 75.9 Å². The summed E-state index contributed by atoms with van der Waals surface area (Å²) in [6.07, 6.45) is 6.49. The van der Waals surface area contributed by atoms with Crippen LogP contribution in [-0.4, -0.2) is 21.8 Å². The van der Waals surface area contributed by atoms with E-state index in [-0.39, 0.29) is 11.8 Å². The first-order valence-electron chi connectivity index (χ1n) is 10.9. The van der Waals surface area contributed by atoms with Crippen LogP contribution >= 0.6 is 0 Å². The van der Waals surface area contributed by atoms with E-state index in [1.54, 1.807) is 13.8 Å². The van der Waals surface area contributed by atoms with Gasteiger partial charge in [-0.25, -0.2) is 0 Å². The van der Waals surface area contributed by atoms with Gasteiger partial charge in [-0.05, 0) is 80.3 Å². The molecule has 0 amide bonds. The fourth-order valence-corrected chi connectivity index (χ4v) is 4.20. The third kappa shape index (κ3) is 5.60. The van der Waals surface area contributed by atoms with E-state index in [0.29, 0.717) is 6.42 Å². The molecule has 0 spiro atoms. The Bertz CT molecular complexity index is 912. The van der Waals surface area contributed by atoms with Crippen LogP contribution in [0.3, 0.4) is 0 Å². The lowest BCUT2D eigenvalue weighted by atomic mass is 9.69. The third-order valence-electron chi connectivity index (χ3n) is 6.20. The first kappa shape index (κ1) is 23.9. The van der Waals surface area contributed by atoms with E-state index >= 15 is 0 Å². The molecule has 3 heteroatoms. The Morgan fingerprint density at radius 2 is 1.53 bits per heavy atom. The summed E-state index contributed by atoms with van der Waals surface area (Å²) in [6, 6.07) is 13.1. The Morgan fingerprint density at radius 3 is 2.00 bits per heavy atom. The van der Waals surface area contributed by atoms with E-state index in [4.69, 9.17) is 5.11 Å². The van der Waals surface area contributed by atoms with Crippen molar-refractivity contribution in [2.24, 2.45) is 0 Å². The highest BCUT2D eigenvalue weighted by Gasteiger charge is 2.31. The maximum absolute atomic E-state index is 10.9. The second kappa shape index (κ2) is 9.61. The van der Waals surface area contributed by atoms with Gasteiger partial charge in [0.1, 0.15) is 0 Å². The van der Waals surface area contributed by atoms with Crippen molar-refractivity contribution in [1.29, 1.82) is 0 Å². The largest absolute Gasteiger partial charge is 0.481 e. The fourth-order valence-electron chi connectivity index (χ4n) is 4.20. The smallest absolute Gasteiger partial charge is 0.303 e. The Kier molecular flexibility index (Phi) is 7.65. The van der Waals surface area contributed by atoms with Crippen molar-refractivity contribution in [1.82, 2.24) is 0 Å². The number of aryl methyl sites for hydroxylation is 3. The number of benzene rings is 2. The number of rotatable bonds is 9. The van der Waals surface area contributed by atoms with E-state index in [1.807, 2.05) is 12.2 Å². The summed E-state index contributed by atoms with van der Waals surface area (Å²) in [5.41, 5.74) is 6.22. The summed E-state index contributed by atoms with van der Waals surface area (Å²) < 4.78 is 0. The van der Waals surface area contributed by atoms with Gasteiger partial charge in [0.05, 0.1) is 5.60 Å². The van der Waals surface area contributed by atoms with Crippen LogP contribution in [0.2, 0.25) is 0 Å². The first-order valence-corrected chi connectivity index (χ1v) is 10.9. The average Bonchev–Trinajstić information content (AvgIpc) is 2.67. The molecule has 30 heavy (non-hydrogen) atoms. The molecule has 0 bridgehead atoms. The topological polar surface area (TPSA) is 57.5 Å². The minimum absolute atomic E-state index is 0.0840. The van der Waals surface area contributed by atoms with Crippen LogP contribution in [0.5, 0.6) is 0 Å². The Morgan fingerprint density at radius 1 is 0.967 bits per heavy atom. The van der Waals surface area contributed by atoms with Crippen molar-refractivity contribution >= 4 is 12.0 Å². The van der Waals surface area contributed by atoms with Gasteiger partial charge < -0.3 is 10.2 Å². The quantitative estimate of drug-likeness (QED) is 0.518. The summed E-state index contributed by atoms with van der Waals surface area (Å²) in [5, 5.41) is 19.0. The standard InChI is InChI=1S/C27H36O3/c1-7-27(8-2,23-12-9-21(19(3)17-23)11-14-25(28)29)24-13-10-22(20(4)18-24)15-16-26(5,6)30/h9-10,12-13,15-18,30H,7-8,11,14H2,1-6H3,(H,28,29). The van der Waals surface area contributed by atoms with Crippen molar-refractivity contribution in [3.8, 4) is 0 Å². The summed E-state index contributed by atoms with van der Waals surface area (Å²) in [6.45, 7) is 12.2. The van der Waals surface area contributed by atoms with Crippen LogP contribution in [0.15, 0.2) is 42.5 Å². The first-order chi connectivity index (χ1) is 14.0. The highest BCUT2D eigenvalue weighted by atomic mass is 16.4. The number of carboxylic acids is 1. The molecule has 2 rings (SSSR count). The molecule has 2 aromatic rings. The molecule has 0 aliphatic carbocycles. The van der Waals surface area contributed by atoms with E-state index in [2.05, 4.69) is 64.1 Å². The minimum Gasteiger partial charge on any atom is -0.481 e. The van der Waals surface area contributed by atoms with Crippen LogP contribution in [0.1, 0.15) is 80.3 Å². The maximum atomic E-state index is 10.9. The van der Waals surface area contributed by atoms with Crippen molar-refractivity contribution < 1.29 is 15.0 Å². The molecule has 0 fully saturated rings. The average molecular weight is 409 g/mol. The number of aliphatic carboxylic acids is 1. The molecule has 0 radical (unpaired) electrons. The fraction of sp³-hybridized carbons (Fsp3) is 0.444. The van der Waals surface area contributed by atoms with Crippen LogP contribution in [-0.2, 0) is 16.6 Å². The van der Waals surface area contributed by atoms with Gasteiger partial charge in [-0.3, -0.25) is 4.79 Å². The highest BCUT2D eigenvalue weighted by molar-refractivity contribution is 5.67. The lowest BCUT2D eigenvalue weighted by Crippen LogP contribution is -2.26. The number of hydrogen-bond donors (Lipinski definition) is 2. The zero-order valence-corrected chi connectivity index (χ0v) is 19.2. The van der Waals surface area contributed by atoms with Gasteiger partial charge in [-0.1, -0.05) is 62.4 Å². The van der Waals surface area contributed by atoms with Gasteiger partial charge in [0.15, 0.2) is 0 Å². The molecule has 2 aromatic carbocycles. The van der Waals surface area contributed by atoms with E-state index < -0.39 is 11.6 Å². The molecule has 2 N–H and O–H groups in total. The molecule has 0 unspecified atom stereocenters. The molecule has 162 valence electrons. The van der Waals surface area contributed by atoms with E-state index in [0.717, 1.165) is 29.5 Å². The second-order valence-electron chi connectivity index (χ2n) is 8.88. The van der Waals surface area contributed by atoms with Crippen molar-refractivity contribution in [2.75, 3.05) is 0 Å². The molecule has 0 saturated carbocycles. The van der Waals surface area contributed by atoms with Crippen LogP contribution in [0, 0.1) is 13.8 Å². The number of hydrogen-bond acceptors (Lipinski definition) is 2. The lowest BCUT2D eigenvalue weighted by molar-refractivity contribution is -0.136. The maximum Gasteiger partial charge on any atom is 0.303 e. The predicted octanol–water partition coefficient (Wildman–Crippen LogP) is 6.21. The summed E-state index contributed by atoms with van der Waals surface area (Å²) in [4.78, 5) is 10.9. The Hall–Kier alpha value is -2.39. The van der Waals surface area contributed by atoms with Gasteiger partial charge in [-0.15, -0.1) is 0 Å². The monoisotopic (exact) mass is 408 g/mol. The molecule has 0 heterocycles. The van der Waals surface area contributed by atoms with Gasteiger partial charge in [0, 0.05) is 11.8 Å². The molecule has 0 aliphatic rings. The van der Waals surface area contributed by atoms with Gasteiger partial charge in [-0.2, -0.15) is 0 Å². The Balaban J connectivity index is 2.45. The summed E-state index contributed by atoms with van der Waals surface area (Å²) in [5.74, 6) is -0.760. The molecule has 3 nitrogen and oxygen atoms in total. The van der Waals surface area contributed by atoms with Gasteiger partial charge in [0.2, 0.25) is 0 Å². The SMILES string of the molecule is CCC(CC)(c1ccc(C=CC(C)(C)O)c(C)c1)c1ccc(CCC(=O)O)c(C)c1. The molecule has 0 aromatic heterocycles. The van der Waals surface area contributed by atoms with Crippen molar-refractivity contribution in [2.45, 2.75) is 78.2 Å². The van der Waals surface area contributed by atoms with Gasteiger partial charge >= 0.3 is 5.97 Å². The van der Waals surface area contributed by atoms with Crippen LogP contribution in [0.4, 0.5) is 0 Å². The number of aliphatic hydroxyl groups is 1.